The summed E-state index contributed by atoms with van der Waals surface area (Å²) in [5.74, 6) is 0. The molecule has 0 spiro atoms. The number of hydrogen-bond acceptors (Lipinski definition) is 2. The number of hydrogen-bond donors (Lipinski definition) is 1. The molecule has 0 aliphatic heterocycles. The lowest BCUT2D eigenvalue weighted by molar-refractivity contribution is 0.207. The predicted octanol–water partition coefficient (Wildman–Crippen LogP) is 2.02. The first-order valence-corrected chi connectivity index (χ1v) is 5.62. The minimum atomic E-state index is -0.0303. The van der Waals surface area contributed by atoms with Crippen LogP contribution in [0.2, 0.25) is 0 Å². The van der Waals surface area contributed by atoms with Crippen molar-refractivity contribution in [1.82, 2.24) is 15.2 Å². The van der Waals surface area contributed by atoms with Gasteiger partial charge in [0.25, 0.3) is 0 Å². The molecule has 1 aromatic heterocycles. The Morgan fingerprint density at radius 1 is 1.56 bits per heavy atom. The van der Waals surface area contributed by atoms with Crippen LogP contribution in [0.5, 0.6) is 0 Å². The fourth-order valence-corrected chi connectivity index (χ4v) is 1.31. The Bertz CT molecular complexity index is 313. The first-order chi connectivity index (χ1) is 7.74. The number of nitrogens with zero attached hydrogens (tertiary/aromatic N) is 2. The van der Waals surface area contributed by atoms with Crippen molar-refractivity contribution in [3.05, 3.63) is 30.1 Å². The molecule has 0 unspecified atom stereocenters. The van der Waals surface area contributed by atoms with Crippen LogP contribution in [-0.2, 0) is 6.54 Å². The normalized spacial score (nSPS) is 9.88. The van der Waals surface area contributed by atoms with Gasteiger partial charge in [-0.2, -0.15) is 0 Å². The topological polar surface area (TPSA) is 45.2 Å². The maximum Gasteiger partial charge on any atom is 0.317 e. The van der Waals surface area contributed by atoms with Gasteiger partial charge in [0, 0.05) is 32.5 Å². The number of unbranched alkanes of at least 4 members (excludes halogenated alkanes) is 1. The highest BCUT2D eigenvalue weighted by Crippen LogP contribution is 1.96. The van der Waals surface area contributed by atoms with E-state index in [9.17, 15) is 4.79 Å². The van der Waals surface area contributed by atoms with Crippen molar-refractivity contribution >= 4 is 6.03 Å². The van der Waals surface area contributed by atoms with Gasteiger partial charge in [-0.3, -0.25) is 4.98 Å². The zero-order valence-electron chi connectivity index (χ0n) is 9.94. The summed E-state index contributed by atoms with van der Waals surface area (Å²) in [4.78, 5) is 17.3. The van der Waals surface area contributed by atoms with Crippen LogP contribution in [0.1, 0.15) is 25.3 Å². The number of aromatic nitrogens is 1. The Morgan fingerprint density at radius 3 is 3.00 bits per heavy atom. The lowest BCUT2D eigenvalue weighted by Gasteiger charge is -2.17. The van der Waals surface area contributed by atoms with Crippen LogP contribution in [0, 0.1) is 0 Å². The summed E-state index contributed by atoms with van der Waals surface area (Å²) in [5, 5.41) is 2.85. The fraction of sp³-hybridized carbons (Fsp3) is 0.500. The van der Waals surface area contributed by atoms with Crippen molar-refractivity contribution in [2.24, 2.45) is 0 Å². The highest BCUT2D eigenvalue weighted by atomic mass is 16.2. The molecule has 1 rings (SSSR count). The quantitative estimate of drug-likeness (QED) is 0.826. The molecule has 88 valence electrons. The molecule has 1 N–H and O–H groups in total. The van der Waals surface area contributed by atoms with E-state index in [0.29, 0.717) is 6.54 Å². The molecule has 0 atom stereocenters. The van der Waals surface area contributed by atoms with Crippen molar-refractivity contribution in [2.45, 2.75) is 26.3 Å². The second-order valence-corrected chi connectivity index (χ2v) is 3.80. The average Bonchev–Trinajstić information content (AvgIpc) is 2.34. The van der Waals surface area contributed by atoms with E-state index in [-0.39, 0.29) is 6.03 Å². The second kappa shape index (κ2) is 6.82. The maximum absolute atomic E-state index is 11.6. The third-order valence-electron chi connectivity index (χ3n) is 2.36. The molecule has 1 aromatic rings. The van der Waals surface area contributed by atoms with Gasteiger partial charge in [-0.1, -0.05) is 19.4 Å². The van der Waals surface area contributed by atoms with Gasteiger partial charge < -0.3 is 10.2 Å². The fourth-order valence-electron chi connectivity index (χ4n) is 1.31. The van der Waals surface area contributed by atoms with Gasteiger partial charge in [-0.05, 0) is 18.1 Å². The van der Waals surface area contributed by atoms with E-state index < -0.39 is 0 Å². The molecule has 2 amide bonds. The minimum absolute atomic E-state index is 0.0303. The molecular weight excluding hydrogens is 202 g/mol. The summed E-state index contributed by atoms with van der Waals surface area (Å²) in [6.45, 7) is 3.44. The summed E-state index contributed by atoms with van der Waals surface area (Å²) < 4.78 is 0. The van der Waals surface area contributed by atoms with Gasteiger partial charge in [-0.15, -0.1) is 0 Å². The van der Waals surface area contributed by atoms with Gasteiger partial charge in [0.15, 0.2) is 0 Å². The Labute approximate surface area is 96.7 Å². The largest absolute Gasteiger partial charge is 0.334 e. The number of amides is 2. The van der Waals surface area contributed by atoms with Crippen molar-refractivity contribution in [2.75, 3.05) is 13.6 Å². The number of pyridine rings is 1. The molecule has 0 aromatic carbocycles. The van der Waals surface area contributed by atoms with Gasteiger partial charge in [0.1, 0.15) is 0 Å². The molecule has 0 aliphatic rings. The van der Waals surface area contributed by atoms with Gasteiger partial charge >= 0.3 is 6.03 Å². The number of carbonyl (C=O) groups is 1. The lowest BCUT2D eigenvalue weighted by atomic mass is 10.3. The second-order valence-electron chi connectivity index (χ2n) is 3.80. The number of rotatable bonds is 5. The summed E-state index contributed by atoms with van der Waals surface area (Å²) in [6, 6.07) is 3.78. The molecule has 0 saturated carbocycles. The zero-order valence-corrected chi connectivity index (χ0v) is 9.94. The van der Waals surface area contributed by atoms with Crippen molar-refractivity contribution in [1.29, 1.82) is 0 Å². The molecule has 0 radical (unpaired) electrons. The van der Waals surface area contributed by atoms with Crippen LogP contribution < -0.4 is 5.32 Å². The molecule has 4 heteroatoms. The standard InChI is InChI=1S/C12H19N3O/c1-3-4-8-15(2)12(16)14-10-11-6-5-7-13-9-11/h5-7,9H,3-4,8,10H2,1-2H3,(H,14,16). The van der Waals surface area contributed by atoms with Gasteiger partial charge in [-0.25, -0.2) is 4.79 Å². The van der Waals surface area contributed by atoms with Crippen LogP contribution in [0.25, 0.3) is 0 Å². The smallest absolute Gasteiger partial charge is 0.317 e. The van der Waals surface area contributed by atoms with E-state index in [1.807, 2.05) is 19.2 Å². The Morgan fingerprint density at radius 2 is 2.38 bits per heavy atom. The van der Waals surface area contributed by atoms with E-state index in [1.165, 1.54) is 0 Å². The van der Waals surface area contributed by atoms with Crippen LogP contribution in [-0.4, -0.2) is 29.5 Å². The Hall–Kier alpha value is -1.58. The zero-order chi connectivity index (χ0) is 11.8. The SMILES string of the molecule is CCCCN(C)C(=O)NCc1cccnc1. The highest BCUT2D eigenvalue weighted by molar-refractivity contribution is 5.73. The first-order valence-electron chi connectivity index (χ1n) is 5.62. The van der Waals surface area contributed by atoms with Gasteiger partial charge in [0.2, 0.25) is 0 Å². The van der Waals surface area contributed by atoms with E-state index in [2.05, 4.69) is 17.2 Å². The molecular formula is C12H19N3O. The van der Waals surface area contributed by atoms with Crippen LogP contribution in [0.3, 0.4) is 0 Å². The van der Waals surface area contributed by atoms with Crippen LogP contribution in [0.15, 0.2) is 24.5 Å². The van der Waals surface area contributed by atoms with E-state index in [4.69, 9.17) is 0 Å². The first kappa shape index (κ1) is 12.5. The van der Waals surface area contributed by atoms with E-state index in [0.717, 1.165) is 24.9 Å². The van der Waals surface area contributed by atoms with Crippen LogP contribution in [0.4, 0.5) is 4.79 Å². The van der Waals surface area contributed by atoms with Crippen molar-refractivity contribution in [3.8, 4) is 0 Å². The molecule has 16 heavy (non-hydrogen) atoms. The van der Waals surface area contributed by atoms with Crippen molar-refractivity contribution in [3.63, 3.8) is 0 Å². The predicted molar refractivity (Wildman–Crippen MR) is 64.0 cm³/mol. The van der Waals surface area contributed by atoms with E-state index in [1.54, 1.807) is 17.3 Å². The Kier molecular flexibility index (Phi) is 5.32. The Balaban J connectivity index is 2.29. The molecule has 0 fully saturated rings. The maximum atomic E-state index is 11.6. The number of nitrogens with one attached hydrogen (secondary N) is 1. The van der Waals surface area contributed by atoms with Crippen LogP contribution >= 0.6 is 0 Å². The summed E-state index contributed by atoms with van der Waals surface area (Å²) >= 11 is 0. The van der Waals surface area contributed by atoms with Crippen molar-refractivity contribution < 1.29 is 4.79 Å². The molecule has 0 saturated heterocycles. The summed E-state index contributed by atoms with van der Waals surface area (Å²) in [7, 11) is 1.81. The minimum Gasteiger partial charge on any atom is -0.334 e. The highest BCUT2D eigenvalue weighted by Gasteiger charge is 2.06. The molecule has 0 bridgehead atoms. The summed E-state index contributed by atoms with van der Waals surface area (Å²) in [6.07, 6.45) is 5.61. The third-order valence-corrected chi connectivity index (χ3v) is 2.36. The average molecular weight is 221 g/mol. The molecule has 0 aliphatic carbocycles. The molecule has 1 heterocycles. The number of carbonyl (C=O) groups excluding carboxylic acids is 1. The monoisotopic (exact) mass is 221 g/mol. The lowest BCUT2D eigenvalue weighted by Crippen LogP contribution is -2.37. The summed E-state index contributed by atoms with van der Waals surface area (Å²) in [5.41, 5.74) is 1.01. The van der Waals surface area contributed by atoms with E-state index >= 15 is 0 Å². The van der Waals surface area contributed by atoms with Gasteiger partial charge in [0.05, 0.1) is 0 Å². The number of urea groups is 1. The molecule has 4 nitrogen and oxygen atoms in total. The third kappa shape index (κ3) is 4.29.